The fourth-order valence-corrected chi connectivity index (χ4v) is 3.35. The maximum absolute atomic E-state index is 12.4. The molecule has 8 heteroatoms. The molecule has 0 unspecified atom stereocenters. The van der Waals surface area contributed by atoms with Gasteiger partial charge in [0.2, 0.25) is 0 Å². The minimum absolute atomic E-state index is 0.179. The SMILES string of the molecule is CN(C(=O)OC(C)(C)C)C1(CNc2cnc(Cl)c(-c3cccc(C(=O)O)c3)c2)CC1. The summed E-state index contributed by atoms with van der Waals surface area (Å²) in [6.45, 7) is 6.07. The molecule has 1 amide bonds. The zero-order valence-corrected chi connectivity index (χ0v) is 18.3. The second kappa shape index (κ2) is 8.14. The molecule has 3 rings (SSSR count). The summed E-state index contributed by atoms with van der Waals surface area (Å²) < 4.78 is 5.48. The third-order valence-electron chi connectivity index (χ3n) is 5.09. The molecule has 1 aromatic carbocycles. The fourth-order valence-electron chi connectivity index (χ4n) is 3.13. The lowest BCUT2D eigenvalue weighted by Gasteiger charge is -2.31. The second-order valence-electron chi connectivity index (χ2n) is 8.57. The minimum atomic E-state index is -1.00. The molecule has 0 bridgehead atoms. The normalized spacial score (nSPS) is 14.7. The number of nitrogens with one attached hydrogen (secondary N) is 1. The van der Waals surface area contributed by atoms with Crippen LogP contribution in [0.4, 0.5) is 10.5 Å². The summed E-state index contributed by atoms with van der Waals surface area (Å²) in [5.41, 5.74) is 1.37. The van der Waals surface area contributed by atoms with Crippen LogP contribution in [0.3, 0.4) is 0 Å². The number of amides is 1. The molecule has 2 N–H and O–H groups in total. The largest absolute Gasteiger partial charge is 0.478 e. The van der Waals surface area contributed by atoms with Gasteiger partial charge >= 0.3 is 12.1 Å². The quantitative estimate of drug-likeness (QED) is 0.631. The first-order valence-corrected chi connectivity index (χ1v) is 10.1. The minimum Gasteiger partial charge on any atom is -0.478 e. The topological polar surface area (TPSA) is 91.8 Å². The van der Waals surface area contributed by atoms with Gasteiger partial charge in [-0.25, -0.2) is 14.6 Å². The molecule has 1 heterocycles. The standard InChI is InChI=1S/C22H26ClN3O4/c1-21(2,3)30-20(29)26(4)22(8-9-22)13-25-16-11-17(18(23)24-12-16)14-6-5-7-15(10-14)19(27)28/h5-7,10-12,25H,8-9,13H2,1-4H3,(H,27,28). The smallest absolute Gasteiger partial charge is 0.410 e. The van der Waals surface area contributed by atoms with Crippen LogP contribution < -0.4 is 5.32 Å². The number of rotatable bonds is 6. The van der Waals surface area contributed by atoms with Gasteiger partial charge in [-0.15, -0.1) is 0 Å². The van der Waals surface area contributed by atoms with Crippen LogP contribution in [0.15, 0.2) is 36.5 Å². The van der Waals surface area contributed by atoms with Gasteiger partial charge in [-0.3, -0.25) is 0 Å². The number of halogens is 1. The predicted molar refractivity (Wildman–Crippen MR) is 116 cm³/mol. The number of hydrogen-bond donors (Lipinski definition) is 2. The Labute approximate surface area is 181 Å². The maximum atomic E-state index is 12.4. The van der Waals surface area contributed by atoms with E-state index >= 15 is 0 Å². The maximum Gasteiger partial charge on any atom is 0.410 e. The first kappa shape index (κ1) is 21.9. The van der Waals surface area contributed by atoms with E-state index in [1.54, 1.807) is 36.3 Å². The van der Waals surface area contributed by atoms with E-state index in [1.807, 2.05) is 26.8 Å². The van der Waals surface area contributed by atoms with Crippen LogP contribution in [0.25, 0.3) is 11.1 Å². The molecule has 0 aliphatic heterocycles. The Morgan fingerprint density at radius 1 is 1.30 bits per heavy atom. The number of anilines is 1. The summed E-state index contributed by atoms with van der Waals surface area (Å²) in [5.74, 6) is -1.00. The zero-order valence-electron chi connectivity index (χ0n) is 17.5. The van der Waals surface area contributed by atoms with Gasteiger partial charge < -0.3 is 20.1 Å². The lowest BCUT2D eigenvalue weighted by Crippen LogP contribution is -2.45. The Hall–Kier alpha value is -2.80. The summed E-state index contributed by atoms with van der Waals surface area (Å²) in [4.78, 5) is 29.6. The summed E-state index contributed by atoms with van der Waals surface area (Å²) in [5, 5.41) is 12.8. The first-order chi connectivity index (χ1) is 14.0. The molecule has 160 valence electrons. The van der Waals surface area contributed by atoms with Crippen molar-refractivity contribution in [2.45, 2.75) is 44.8 Å². The van der Waals surface area contributed by atoms with E-state index in [1.165, 1.54) is 6.07 Å². The molecule has 1 aliphatic rings. The number of pyridine rings is 1. The Morgan fingerprint density at radius 3 is 2.60 bits per heavy atom. The molecule has 0 spiro atoms. The molecule has 1 fully saturated rings. The van der Waals surface area contributed by atoms with Crippen molar-refractivity contribution < 1.29 is 19.4 Å². The van der Waals surface area contributed by atoms with Gasteiger partial charge in [-0.05, 0) is 57.4 Å². The van der Waals surface area contributed by atoms with Crippen molar-refractivity contribution in [2.75, 3.05) is 18.9 Å². The average Bonchev–Trinajstić information content (AvgIpc) is 3.46. The molecular formula is C22H26ClN3O4. The first-order valence-electron chi connectivity index (χ1n) is 9.71. The van der Waals surface area contributed by atoms with Crippen LogP contribution in [-0.2, 0) is 4.74 Å². The van der Waals surface area contributed by atoms with Gasteiger partial charge in [0.25, 0.3) is 0 Å². The van der Waals surface area contributed by atoms with E-state index in [9.17, 15) is 14.7 Å². The number of hydrogen-bond acceptors (Lipinski definition) is 5. The molecule has 0 radical (unpaired) electrons. The van der Waals surface area contributed by atoms with E-state index in [2.05, 4.69) is 10.3 Å². The average molecular weight is 432 g/mol. The van der Waals surface area contributed by atoms with Crippen LogP contribution in [0.1, 0.15) is 44.0 Å². The zero-order chi connectivity index (χ0) is 22.1. The molecule has 30 heavy (non-hydrogen) atoms. The number of nitrogens with zero attached hydrogens (tertiary/aromatic N) is 2. The van der Waals surface area contributed by atoms with E-state index in [-0.39, 0.29) is 22.3 Å². The fraction of sp³-hybridized carbons (Fsp3) is 0.409. The van der Waals surface area contributed by atoms with E-state index in [0.717, 1.165) is 18.5 Å². The molecular weight excluding hydrogens is 406 g/mol. The van der Waals surface area contributed by atoms with Crippen LogP contribution in [0.2, 0.25) is 5.15 Å². The highest BCUT2D eigenvalue weighted by Gasteiger charge is 2.49. The lowest BCUT2D eigenvalue weighted by molar-refractivity contribution is 0.0206. The number of likely N-dealkylation sites (N-methyl/N-ethyl adjacent to an activating group) is 1. The number of carbonyl (C=O) groups is 2. The summed E-state index contributed by atoms with van der Waals surface area (Å²) in [6, 6.07) is 8.38. The molecule has 7 nitrogen and oxygen atoms in total. The second-order valence-corrected chi connectivity index (χ2v) is 8.92. The Balaban J connectivity index is 1.74. The number of carbonyl (C=O) groups excluding carboxylic acids is 1. The highest BCUT2D eigenvalue weighted by Crippen LogP contribution is 2.42. The number of ether oxygens (including phenoxy) is 1. The highest BCUT2D eigenvalue weighted by atomic mass is 35.5. The summed E-state index contributed by atoms with van der Waals surface area (Å²) >= 11 is 6.26. The number of benzene rings is 1. The van der Waals surface area contributed by atoms with Crippen molar-refractivity contribution >= 4 is 29.4 Å². The van der Waals surface area contributed by atoms with Gasteiger partial charge in [0.05, 0.1) is 23.0 Å². The summed E-state index contributed by atoms with van der Waals surface area (Å²) in [7, 11) is 1.76. The van der Waals surface area contributed by atoms with Gasteiger partial charge in [-0.2, -0.15) is 0 Å². The molecule has 0 saturated heterocycles. The number of carboxylic acid groups (broad SMARTS) is 1. The summed E-state index contributed by atoms with van der Waals surface area (Å²) in [6.07, 6.45) is 3.03. The van der Waals surface area contributed by atoms with Crippen molar-refractivity contribution in [1.82, 2.24) is 9.88 Å². The van der Waals surface area contributed by atoms with Crippen molar-refractivity contribution in [3.8, 4) is 11.1 Å². The third-order valence-corrected chi connectivity index (χ3v) is 5.39. The number of aromatic carboxylic acids is 1. The highest BCUT2D eigenvalue weighted by molar-refractivity contribution is 6.32. The number of carboxylic acids is 1. The van der Waals surface area contributed by atoms with E-state index in [4.69, 9.17) is 16.3 Å². The predicted octanol–water partition coefficient (Wildman–Crippen LogP) is 4.91. The molecule has 0 atom stereocenters. The Morgan fingerprint density at radius 2 is 2.00 bits per heavy atom. The van der Waals surface area contributed by atoms with Crippen LogP contribution >= 0.6 is 11.6 Å². The van der Waals surface area contributed by atoms with Crippen molar-refractivity contribution in [1.29, 1.82) is 0 Å². The lowest BCUT2D eigenvalue weighted by atomic mass is 10.0. The van der Waals surface area contributed by atoms with Crippen molar-refractivity contribution in [3.05, 3.63) is 47.2 Å². The van der Waals surface area contributed by atoms with Crippen LogP contribution in [-0.4, -0.2) is 51.8 Å². The van der Waals surface area contributed by atoms with Crippen molar-refractivity contribution in [2.24, 2.45) is 0 Å². The molecule has 1 aliphatic carbocycles. The van der Waals surface area contributed by atoms with Gasteiger partial charge in [0, 0.05) is 19.2 Å². The van der Waals surface area contributed by atoms with Gasteiger partial charge in [0.15, 0.2) is 0 Å². The Kier molecular flexibility index (Phi) is 5.94. The molecule has 1 saturated carbocycles. The molecule has 2 aromatic rings. The van der Waals surface area contributed by atoms with Gasteiger partial charge in [0.1, 0.15) is 10.8 Å². The number of aromatic nitrogens is 1. The van der Waals surface area contributed by atoms with Gasteiger partial charge in [-0.1, -0.05) is 23.7 Å². The van der Waals surface area contributed by atoms with Crippen LogP contribution in [0.5, 0.6) is 0 Å². The van der Waals surface area contributed by atoms with Crippen LogP contribution in [0, 0.1) is 0 Å². The molecule has 1 aromatic heterocycles. The van der Waals surface area contributed by atoms with Crippen molar-refractivity contribution in [3.63, 3.8) is 0 Å². The van der Waals surface area contributed by atoms with E-state index < -0.39 is 11.6 Å². The Bertz CT molecular complexity index is 967. The monoisotopic (exact) mass is 431 g/mol. The van der Waals surface area contributed by atoms with E-state index in [0.29, 0.717) is 17.7 Å². The third kappa shape index (κ3) is 5.02.